The molecule has 100 valence electrons. The number of piperidine rings is 1. The standard InChI is InChI=1S/C11H17N3O3S/c1-7-3-8(2)5-14(4-7)10-11(13-18-12-10)17-6-9(15)16/h7-8H,3-6H2,1-2H3,(H,15,16). The van der Waals surface area contributed by atoms with E-state index in [1.807, 2.05) is 0 Å². The summed E-state index contributed by atoms with van der Waals surface area (Å²) in [4.78, 5) is 12.6. The zero-order valence-corrected chi connectivity index (χ0v) is 11.3. The van der Waals surface area contributed by atoms with Crippen LogP contribution in [0.4, 0.5) is 5.82 Å². The number of aliphatic carboxylic acids is 1. The molecule has 0 radical (unpaired) electrons. The fourth-order valence-corrected chi connectivity index (χ4v) is 2.95. The Hall–Kier alpha value is -1.37. The van der Waals surface area contributed by atoms with E-state index in [2.05, 4.69) is 27.5 Å². The number of hydrogen-bond acceptors (Lipinski definition) is 6. The maximum absolute atomic E-state index is 10.5. The average molecular weight is 271 g/mol. The van der Waals surface area contributed by atoms with Crippen molar-refractivity contribution >= 4 is 23.5 Å². The predicted octanol–water partition coefficient (Wildman–Crippen LogP) is 1.48. The largest absolute Gasteiger partial charge is 0.479 e. The molecule has 0 amide bonds. The number of anilines is 1. The quantitative estimate of drug-likeness (QED) is 0.894. The summed E-state index contributed by atoms with van der Waals surface area (Å²) < 4.78 is 13.4. The lowest BCUT2D eigenvalue weighted by Gasteiger charge is -2.35. The Labute approximate surface area is 110 Å². The molecule has 0 spiro atoms. The van der Waals surface area contributed by atoms with E-state index < -0.39 is 5.97 Å². The van der Waals surface area contributed by atoms with Crippen molar-refractivity contribution in [3.8, 4) is 5.88 Å². The van der Waals surface area contributed by atoms with Crippen molar-refractivity contribution in [3.63, 3.8) is 0 Å². The van der Waals surface area contributed by atoms with E-state index in [0.29, 0.717) is 23.5 Å². The zero-order chi connectivity index (χ0) is 13.1. The van der Waals surface area contributed by atoms with Crippen LogP contribution in [-0.4, -0.2) is 39.5 Å². The average Bonchev–Trinajstić information content (AvgIpc) is 2.72. The molecule has 1 aliphatic heterocycles. The maximum Gasteiger partial charge on any atom is 0.341 e. The van der Waals surface area contributed by atoms with Gasteiger partial charge in [0.1, 0.15) is 0 Å². The molecule has 2 rings (SSSR count). The van der Waals surface area contributed by atoms with Gasteiger partial charge in [0.2, 0.25) is 5.82 Å². The summed E-state index contributed by atoms with van der Waals surface area (Å²) in [5, 5.41) is 8.61. The van der Waals surface area contributed by atoms with Crippen LogP contribution in [0.3, 0.4) is 0 Å². The molecular weight excluding hydrogens is 254 g/mol. The van der Waals surface area contributed by atoms with Crippen molar-refractivity contribution in [2.45, 2.75) is 20.3 Å². The molecular formula is C11H17N3O3S. The lowest BCUT2D eigenvalue weighted by atomic mass is 9.92. The molecule has 0 aromatic carbocycles. The molecule has 0 aliphatic carbocycles. The van der Waals surface area contributed by atoms with Gasteiger partial charge in [-0.05, 0) is 18.3 Å². The van der Waals surface area contributed by atoms with E-state index in [1.165, 1.54) is 6.42 Å². The van der Waals surface area contributed by atoms with E-state index in [-0.39, 0.29) is 6.61 Å². The van der Waals surface area contributed by atoms with Crippen LogP contribution in [0, 0.1) is 11.8 Å². The van der Waals surface area contributed by atoms with Crippen LogP contribution in [0.2, 0.25) is 0 Å². The minimum absolute atomic E-state index is 0.337. The summed E-state index contributed by atoms with van der Waals surface area (Å²) in [6.45, 7) is 5.87. The van der Waals surface area contributed by atoms with Gasteiger partial charge in [-0.15, -0.1) is 4.37 Å². The number of ether oxygens (including phenoxy) is 1. The van der Waals surface area contributed by atoms with Crippen molar-refractivity contribution in [2.75, 3.05) is 24.6 Å². The van der Waals surface area contributed by atoms with Crippen molar-refractivity contribution in [1.29, 1.82) is 0 Å². The van der Waals surface area contributed by atoms with Gasteiger partial charge in [-0.3, -0.25) is 0 Å². The van der Waals surface area contributed by atoms with Gasteiger partial charge in [0, 0.05) is 13.1 Å². The first-order valence-electron chi connectivity index (χ1n) is 5.98. The summed E-state index contributed by atoms with van der Waals surface area (Å²) in [5.74, 6) is 1.21. The third kappa shape index (κ3) is 3.10. The molecule has 1 aromatic heterocycles. The number of hydrogen-bond donors (Lipinski definition) is 1. The Balaban J connectivity index is 2.08. The number of nitrogens with zero attached hydrogens (tertiary/aromatic N) is 3. The summed E-state index contributed by atoms with van der Waals surface area (Å²) in [6, 6.07) is 0. The van der Waals surface area contributed by atoms with Crippen molar-refractivity contribution < 1.29 is 14.6 Å². The Bertz CT molecular complexity index is 413. The first-order chi connectivity index (χ1) is 8.56. The van der Waals surface area contributed by atoms with E-state index in [9.17, 15) is 4.79 Å². The molecule has 2 atom stereocenters. The number of carboxylic acids is 1. The van der Waals surface area contributed by atoms with Gasteiger partial charge in [0.05, 0.1) is 11.7 Å². The summed E-state index contributed by atoms with van der Waals surface area (Å²) in [5.41, 5.74) is 0. The second-order valence-electron chi connectivity index (χ2n) is 4.93. The van der Waals surface area contributed by atoms with Crippen LogP contribution in [0.25, 0.3) is 0 Å². The number of carboxylic acid groups (broad SMARTS) is 1. The first-order valence-corrected chi connectivity index (χ1v) is 6.71. The Morgan fingerprint density at radius 2 is 2.11 bits per heavy atom. The smallest absolute Gasteiger partial charge is 0.341 e. The van der Waals surface area contributed by atoms with E-state index >= 15 is 0 Å². The van der Waals surface area contributed by atoms with Crippen LogP contribution >= 0.6 is 11.7 Å². The van der Waals surface area contributed by atoms with Crippen molar-refractivity contribution in [1.82, 2.24) is 8.75 Å². The van der Waals surface area contributed by atoms with Crippen molar-refractivity contribution in [2.24, 2.45) is 11.8 Å². The third-order valence-electron chi connectivity index (χ3n) is 2.94. The topological polar surface area (TPSA) is 75.5 Å². The normalized spacial score (nSPS) is 24.0. The molecule has 2 heterocycles. The summed E-state index contributed by atoms with van der Waals surface area (Å²) in [6.07, 6.45) is 1.21. The highest BCUT2D eigenvalue weighted by atomic mass is 32.1. The van der Waals surface area contributed by atoms with E-state index in [4.69, 9.17) is 9.84 Å². The predicted molar refractivity (Wildman–Crippen MR) is 68.2 cm³/mol. The molecule has 0 bridgehead atoms. The fraction of sp³-hybridized carbons (Fsp3) is 0.727. The highest BCUT2D eigenvalue weighted by Gasteiger charge is 2.26. The third-order valence-corrected chi connectivity index (χ3v) is 3.45. The van der Waals surface area contributed by atoms with Gasteiger partial charge in [0.25, 0.3) is 5.88 Å². The molecule has 1 aliphatic rings. The first kappa shape index (κ1) is 13.1. The minimum Gasteiger partial charge on any atom is -0.479 e. The fourth-order valence-electron chi connectivity index (χ4n) is 2.43. The number of aromatic nitrogens is 2. The number of rotatable bonds is 4. The molecule has 7 heteroatoms. The Kier molecular flexibility index (Phi) is 4.00. The van der Waals surface area contributed by atoms with Crippen molar-refractivity contribution in [3.05, 3.63) is 0 Å². The second-order valence-corrected chi connectivity index (χ2v) is 5.45. The van der Waals surface area contributed by atoms with Gasteiger partial charge < -0.3 is 14.7 Å². The lowest BCUT2D eigenvalue weighted by Crippen LogP contribution is -2.39. The van der Waals surface area contributed by atoms with Gasteiger partial charge in [-0.1, -0.05) is 13.8 Å². The molecule has 0 saturated carbocycles. The van der Waals surface area contributed by atoms with Gasteiger partial charge in [-0.2, -0.15) is 4.37 Å². The molecule has 1 N–H and O–H groups in total. The van der Waals surface area contributed by atoms with Crippen LogP contribution in [0.1, 0.15) is 20.3 Å². The minimum atomic E-state index is -1.01. The second kappa shape index (κ2) is 5.51. The van der Waals surface area contributed by atoms with Gasteiger partial charge >= 0.3 is 5.97 Å². The highest BCUT2D eigenvalue weighted by Crippen LogP contribution is 2.31. The molecule has 1 saturated heterocycles. The number of carbonyl (C=O) groups is 1. The van der Waals surface area contributed by atoms with Crippen LogP contribution in [-0.2, 0) is 4.79 Å². The van der Waals surface area contributed by atoms with E-state index in [1.54, 1.807) is 0 Å². The molecule has 6 nitrogen and oxygen atoms in total. The highest BCUT2D eigenvalue weighted by molar-refractivity contribution is 6.99. The summed E-state index contributed by atoms with van der Waals surface area (Å²) >= 11 is 1.05. The molecule has 2 unspecified atom stereocenters. The maximum atomic E-state index is 10.5. The molecule has 18 heavy (non-hydrogen) atoms. The van der Waals surface area contributed by atoms with Crippen LogP contribution in [0.5, 0.6) is 5.88 Å². The van der Waals surface area contributed by atoms with Gasteiger partial charge in [-0.25, -0.2) is 4.79 Å². The van der Waals surface area contributed by atoms with Gasteiger partial charge in [0.15, 0.2) is 6.61 Å². The zero-order valence-electron chi connectivity index (χ0n) is 10.5. The SMILES string of the molecule is CC1CC(C)CN(c2nsnc2OCC(=O)O)C1. The Morgan fingerprint density at radius 3 is 2.72 bits per heavy atom. The summed E-state index contributed by atoms with van der Waals surface area (Å²) in [7, 11) is 0. The van der Waals surface area contributed by atoms with Crippen LogP contribution < -0.4 is 9.64 Å². The van der Waals surface area contributed by atoms with E-state index in [0.717, 1.165) is 24.8 Å². The lowest BCUT2D eigenvalue weighted by molar-refractivity contribution is -0.139. The monoisotopic (exact) mass is 271 g/mol. The molecule has 1 fully saturated rings. The Morgan fingerprint density at radius 1 is 1.44 bits per heavy atom. The van der Waals surface area contributed by atoms with Crippen LogP contribution in [0.15, 0.2) is 0 Å². The molecule has 1 aromatic rings.